The molecule has 1 aromatic heterocycles. The van der Waals surface area contributed by atoms with Gasteiger partial charge in [0, 0.05) is 18.6 Å². The highest BCUT2D eigenvalue weighted by atomic mass is 32.1. The van der Waals surface area contributed by atoms with Gasteiger partial charge in [0.1, 0.15) is 0 Å². The fraction of sp³-hybridized carbons (Fsp3) is 0.733. The lowest BCUT2D eigenvalue weighted by Crippen LogP contribution is -2.57. The first-order valence-corrected chi connectivity index (χ1v) is 8.13. The summed E-state index contributed by atoms with van der Waals surface area (Å²) >= 11 is 1.72. The third kappa shape index (κ3) is 3.57. The SMILES string of the molecule is CCC(C)(C(O)CCc1ccsc1)N1CCOCC1. The Morgan fingerprint density at radius 3 is 2.79 bits per heavy atom. The number of hydrogen-bond acceptors (Lipinski definition) is 4. The van der Waals surface area contributed by atoms with Crippen molar-refractivity contribution in [3.63, 3.8) is 0 Å². The van der Waals surface area contributed by atoms with Crippen molar-refractivity contribution in [1.82, 2.24) is 4.90 Å². The first-order chi connectivity index (χ1) is 9.16. The standard InChI is InChI=1S/C15H25NO2S/c1-3-15(2,16-7-9-18-10-8-16)14(17)5-4-13-6-11-19-12-13/h6,11-12,14,17H,3-5,7-10H2,1-2H3. The van der Waals surface area contributed by atoms with E-state index in [0.717, 1.165) is 45.6 Å². The molecule has 1 aliphatic heterocycles. The molecule has 0 amide bonds. The summed E-state index contributed by atoms with van der Waals surface area (Å²) in [6.07, 6.45) is 2.48. The number of ether oxygens (including phenoxy) is 1. The summed E-state index contributed by atoms with van der Waals surface area (Å²) in [4.78, 5) is 2.40. The van der Waals surface area contributed by atoms with E-state index in [1.165, 1.54) is 5.56 Å². The molecule has 1 aliphatic rings. The maximum atomic E-state index is 10.6. The molecule has 19 heavy (non-hydrogen) atoms. The Hall–Kier alpha value is -0.420. The zero-order chi connectivity index (χ0) is 13.7. The van der Waals surface area contributed by atoms with E-state index in [1.807, 2.05) is 0 Å². The second kappa shape index (κ2) is 6.84. The van der Waals surface area contributed by atoms with Crippen molar-refractivity contribution in [1.29, 1.82) is 0 Å². The highest BCUT2D eigenvalue weighted by Crippen LogP contribution is 2.27. The predicted octanol–water partition coefficient (Wildman–Crippen LogP) is 2.54. The van der Waals surface area contributed by atoms with E-state index in [2.05, 4.69) is 35.6 Å². The molecular weight excluding hydrogens is 258 g/mol. The molecule has 3 nitrogen and oxygen atoms in total. The highest BCUT2D eigenvalue weighted by molar-refractivity contribution is 7.07. The molecule has 108 valence electrons. The van der Waals surface area contributed by atoms with E-state index in [1.54, 1.807) is 11.3 Å². The average Bonchev–Trinajstić information content (AvgIpc) is 2.98. The molecule has 2 atom stereocenters. The average molecular weight is 283 g/mol. The minimum Gasteiger partial charge on any atom is -0.391 e. The van der Waals surface area contributed by atoms with Crippen LogP contribution in [0.25, 0.3) is 0 Å². The molecule has 0 spiro atoms. The van der Waals surface area contributed by atoms with E-state index in [-0.39, 0.29) is 11.6 Å². The summed E-state index contributed by atoms with van der Waals surface area (Å²) in [6.45, 7) is 7.79. The molecule has 2 unspecified atom stereocenters. The zero-order valence-corrected chi connectivity index (χ0v) is 12.8. The molecule has 0 radical (unpaired) electrons. The van der Waals surface area contributed by atoms with Gasteiger partial charge in [0.15, 0.2) is 0 Å². The highest BCUT2D eigenvalue weighted by Gasteiger charge is 2.37. The van der Waals surface area contributed by atoms with Gasteiger partial charge in [-0.15, -0.1) is 0 Å². The van der Waals surface area contributed by atoms with Crippen LogP contribution in [-0.4, -0.2) is 48.0 Å². The minimum absolute atomic E-state index is 0.125. The van der Waals surface area contributed by atoms with Crippen LogP contribution in [0, 0.1) is 0 Å². The quantitative estimate of drug-likeness (QED) is 0.871. The van der Waals surface area contributed by atoms with Gasteiger partial charge in [0.2, 0.25) is 0 Å². The molecule has 1 aromatic rings. The molecule has 1 N–H and O–H groups in total. The van der Waals surface area contributed by atoms with Crippen molar-refractivity contribution in [2.24, 2.45) is 0 Å². The summed E-state index contributed by atoms with van der Waals surface area (Å²) < 4.78 is 5.42. The van der Waals surface area contributed by atoms with Crippen LogP contribution in [0.15, 0.2) is 16.8 Å². The number of thiophene rings is 1. The monoisotopic (exact) mass is 283 g/mol. The van der Waals surface area contributed by atoms with Gasteiger partial charge in [-0.2, -0.15) is 11.3 Å². The third-order valence-corrected chi connectivity index (χ3v) is 5.19. The van der Waals surface area contributed by atoms with Gasteiger partial charge in [-0.1, -0.05) is 6.92 Å². The summed E-state index contributed by atoms with van der Waals surface area (Å²) in [5.41, 5.74) is 1.21. The van der Waals surface area contributed by atoms with Crippen molar-refractivity contribution >= 4 is 11.3 Å². The lowest BCUT2D eigenvalue weighted by atomic mass is 9.86. The van der Waals surface area contributed by atoms with E-state index in [0.29, 0.717) is 0 Å². The van der Waals surface area contributed by atoms with Gasteiger partial charge in [-0.25, -0.2) is 0 Å². The minimum atomic E-state index is -0.282. The van der Waals surface area contributed by atoms with Crippen LogP contribution in [0.3, 0.4) is 0 Å². The molecule has 4 heteroatoms. The number of aryl methyl sites for hydroxylation is 1. The third-order valence-electron chi connectivity index (χ3n) is 4.45. The van der Waals surface area contributed by atoms with E-state index >= 15 is 0 Å². The predicted molar refractivity (Wildman–Crippen MR) is 79.7 cm³/mol. The second-order valence-electron chi connectivity index (χ2n) is 5.50. The first-order valence-electron chi connectivity index (χ1n) is 7.18. The van der Waals surface area contributed by atoms with Crippen LogP contribution in [0.1, 0.15) is 32.3 Å². The number of hydrogen-bond donors (Lipinski definition) is 1. The molecule has 0 saturated carbocycles. The van der Waals surface area contributed by atoms with Gasteiger partial charge in [0.25, 0.3) is 0 Å². The molecular formula is C15H25NO2S. The number of morpholine rings is 1. The maximum absolute atomic E-state index is 10.6. The van der Waals surface area contributed by atoms with Crippen molar-refractivity contribution < 1.29 is 9.84 Å². The Kier molecular flexibility index (Phi) is 5.39. The van der Waals surface area contributed by atoms with Crippen LogP contribution in [0.2, 0.25) is 0 Å². The Bertz CT molecular complexity index is 362. The van der Waals surface area contributed by atoms with Crippen LogP contribution in [0.5, 0.6) is 0 Å². The largest absolute Gasteiger partial charge is 0.391 e. The number of aliphatic hydroxyl groups is 1. The molecule has 0 aliphatic carbocycles. The van der Waals surface area contributed by atoms with Crippen molar-refractivity contribution in [2.75, 3.05) is 26.3 Å². The summed E-state index contributed by atoms with van der Waals surface area (Å²) in [6, 6.07) is 2.15. The Morgan fingerprint density at radius 2 is 2.21 bits per heavy atom. The fourth-order valence-corrected chi connectivity index (χ4v) is 3.50. The number of rotatable bonds is 6. The van der Waals surface area contributed by atoms with Gasteiger partial charge in [0.05, 0.1) is 19.3 Å². The summed E-state index contributed by atoms with van der Waals surface area (Å²) in [5, 5.41) is 14.9. The van der Waals surface area contributed by atoms with Crippen molar-refractivity contribution in [2.45, 2.75) is 44.8 Å². The van der Waals surface area contributed by atoms with E-state index in [9.17, 15) is 5.11 Å². The maximum Gasteiger partial charge on any atom is 0.0724 e. The van der Waals surface area contributed by atoms with Crippen LogP contribution in [0.4, 0.5) is 0 Å². The summed E-state index contributed by atoms with van der Waals surface area (Å²) in [7, 11) is 0. The lowest BCUT2D eigenvalue weighted by molar-refractivity contribution is -0.0738. The van der Waals surface area contributed by atoms with Crippen molar-refractivity contribution in [3.8, 4) is 0 Å². The Balaban J connectivity index is 1.94. The van der Waals surface area contributed by atoms with Gasteiger partial charge in [-0.3, -0.25) is 4.90 Å². The van der Waals surface area contributed by atoms with E-state index in [4.69, 9.17) is 4.74 Å². The van der Waals surface area contributed by atoms with Crippen LogP contribution in [-0.2, 0) is 11.2 Å². The first kappa shape index (κ1) is 15.0. The van der Waals surface area contributed by atoms with Crippen LogP contribution >= 0.6 is 11.3 Å². The topological polar surface area (TPSA) is 32.7 Å². The van der Waals surface area contributed by atoms with Crippen LogP contribution < -0.4 is 0 Å². The smallest absolute Gasteiger partial charge is 0.0724 e. The summed E-state index contributed by atoms with van der Waals surface area (Å²) in [5.74, 6) is 0. The second-order valence-corrected chi connectivity index (χ2v) is 6.28. The molecule has 1 saturated heterocycles. The van der Waals surface area contributed by atoms with Gasteiger partial charge in [-0.05, 0) is 48.6 Å². The van der Waals surface area contributed by atoms with Gasteiger partial charge >= 0.3 is 0 Å². The van der Waals surface area contributed by atoms with Crippen molar-refractivity contribution in [3.05, 3.63) is 22.4 Å². The molecule has 2 rings (SSSR count). The molecule has 1 fully saturated rings. The van der Waals surface area contributed by atoms with E-state index < -0.39 is 0 Å². The zero-order valence-electron chi connectivity index (χ0n) is 12.0. The fourth-order valence-electron chi connectivity index (χ4n) is 2.79. The number of aliphatic hydroxyl groups excluding tert-OH is 1. The lowest BCUT2D eigenvalue weighted by Gasteiger charge is -2.46. The molecule has 0 aromatic carbocycles. The number of nitrogens with zero attached hydrogens (tertiary/aromatic N) is 1. The normalized spacial score (nSPS) is 22.1. The van der Waals surface area contributed by atoms with Gasteiger partial charge < -0.3 is 9.84 Å². The molecule has 2 heterocycles. The molecule has 0 bridgehead atoms. The Labute approximate surface area is 120 Å². The Morgan fingerprint density at radius 1 is 1.47 bits per heavy atom.